The molecule has 0 bridgehead atoms. The van der Waals surface area contributed by atoms with E-state index in [0.717, 1.165) is 29.8 Å². The lowest BCUT2D eigenvalue weighted by atomic mass is 10.1. The zero-order chi connectivity index (χ0) is 21.8. The fourth-order valence-electron chi connectivity index (χ4n) is 3.95. The first-order valence-corrected chi connectivity index (χ1v) is 10.6. The highest BCUT2D eigenvalue weighted by Gasteiger charge is 2.33. The first kappa shape index (κ1) is 19.8. The van der Waals surface area contributed by atoms with Gasteiger partial charge in [0.1, 0.15) is 5.82 Å². The number of benzene rings is 1. The first-order chi connectivity index (χ1) is 15.8. The SMILES string of the molecule is O=C(c1cccnc1)N1CCC[C@H]1c1nc(Nc2ccccc2)cc(-c2ccncc2)n1. The van der Waals surface area contributed by atoms with Crippen LogP contribution in [0.15, 0.2) is 85.5 Å². The van der Waals surface area contributed by atoms with E-state index in [1.807, 2.05) is 53.4 Å². The number of nitrogens with zero attached hydrogens (tertiary/aromatic N) is 5. The molecular weight excluding hydrogens is 400 g/mol. The predicted molar refractivity (Wildman–Crippen MR) is 122 cm³/mol. The molecule has 4 heterocycles. The number of hydrogen-bond acceptors (Lipinski definition) is 6. The second kappa shape index (κ2) is 8.93. The standard InChI is InChI=1S/C25H22N6O/c32-25(19-6-4-12-27-17-19)31-15-5-9-22(31)24-29-21(18-10-13-26-14-11-18)16-23(30-24)28-20-7-2-1-3-8-20/h1-4,6-8,10-14,16-17,22H,5,9,15H2,(H,28,29,30)/t22-/m0/s1. The van der Waals surface area contributed by atoms with Gasteiger partial charge in [-0.3, -0.25) is 14.8 Å². The summed E-state index contributed by atoms with van der Waals surface area (Å²) in [6.45, 7) is 0.669. The van der Waals surface area contributed by atoms with Crippen molar-refractivity contribution in [1.82, 2.24) is 24.8 Å². The first-order valence-electron chi connectivity index (χ1n) is 10.6. The fourth-order valence-corrected chi connectivity index (χ4v) is 3.95. The molecule has 1 atom stereocenters. The molecule has 3 aromatic heterocycles. The van der Waals surface area contributed by atoms with Gasteiger partial charge in [-0.2, -0.15) is 0 Å². The largest absolute Gasteiger partial charge is 0.340 e. The molecule has 5 rings (SSSR count). The lowest BCUT2D eigenvalue weighted by Crippen LogP contribution is -2.31. The minimum Gasteiger partial charge on any atom is -0.340 e. The van der Waals surface area contributed by atoms with Crippen molar-refractivity contribution in [2.24, 2.45) is 0 Å². The average molecular weight is 422 g/mol. The molecule has 32 heavy (non-hydrogen) atoms. The quantitative estimate of drug-likeness (QED) is 0.504. The van der Waals surface area contributed by atoms with E-state index < -0.39 is 0 Å². The van der Waals surface area contributed by atoms with E-state index in [1.165, 1.54) is 0 Å². The maximum absolute atomic E-state index is 13.2. The van der Waals surface area contributed by atoms with Gasteiger partial charge in [-0.1, -0.05) is 18.2 Å². The molecule has 0 spiro atoms. The van der Waals surface area contributed by atoms with Gasteiger partial charge >= 0.3 is 0 Å². The molecular formula is C25H22N6O. The van der Waals surface area contributed by atoms with E-state index in [0.29, 0.717) is 23.8 Å². The van der Waals surface area contributed by atoms with Crippen LogP contribution in [0.25, 0.3) is 11.3 Å². The third kappa shape index (κ3) is 4.18. The molecule has 0 unspecified atom stereocenters. The Morgan fingerprint density at radius 1 is 0.938 bits per heavy atom. The van der Waals surface area contributed by atoms with Crippen LogP contribution in [0.4, 0.5) is 11.5 Å². The third-order valence-corrected chi connectivity index (χ3v) is 5.49. The van der Waals surface area contributed by atoms with E-state index in [9.17, 15) is 4.79 Å². The van der Waals surface area contributed by atoms with Crippen molar-refractivity contribution in [2.75, 3.05) is 11.9 Å². The van der Waals surface area contributed by atoms with Gasteiger partial charge in [0.2, 0.25) is 0 Å². The summed E-state index contributed by atoms with van der Waals surface area (Å²) >= 11 is 0. The number of hydrogen-bond donors (Lipinski definition) is 1. The molecule has 7 heteroatoms. The number of aromatic nitrogens is 4. The third-order valence-electron chi connectivity index (χ3n) is 5.49. The van der Waals surface area contributed by atoms with Gasteiger partial charge in [0.15, 0.2) is 5.82 Å². The molecule has 0 radical (unpaired) electrons. The zero-order valence-corrected chi connectivity index (χ0v) is 17.4. The number of anilines is 2. The van der Waals surface area contributed by atoms with Crippen molar-refractivity contribution < 1.29 is 4.79 Å². The number of para-hydroxylation sites is 1. The van der Waals surface area contributed by atoms with Gasteiger partial charge in [-0.25, -0.2) is 9.97 Å². The maximum Gasteiger partial charge on any atom is 0.256 e. The average Bonchev–Trinajstić information content (AvgIpc) is 3.35. The number of likely N-dealkylation sites (tertiary alicyclic amines) is 1. The summed E-state index contributed by atoms with van der Waals surface area (Å²) in [5.74, 6) is 1.28. The van der Waals surface area contributed by atoms with Crippen LogP contribution in [0.2, 0.25) is 0 Å². The Kier molecular flexibility index (Phi) is 5.53. The zero-order valence-electron chi connectivity index (χ0n) is 17.4. The van der Waals surface area contributed by atoms with Crippen LogP contribution in [0.5, 0.6) is 0 Å². The summed E-state index contributed by atoms with van der Waals surface area (Å²) in [7, 11) is 0. The minimum atomic E-state index is -0.194. The van der Waals surface area contributed by atoms with Gasteiger partial charge < -0.3 is 10.2 Å². The number of amides is 1. The molecule has 1 N–H and O–H groups in total. The number of carbonyl (C=O) groups excluding carboxylic acids is 1. The molecule has 1 amide bonds. The lowest BCUT2D eigenvalue weighted by molar-refractivity contribution is 0.0729. The normalized spacial score (nSPS) is 15.5. The summed E-state index contributed by atoms with van der Waals surface area (Å²) < 4.78 is 0. The molecule has 7 nitrogen and oxygen atoms in total. The number of carbonyl (C=O) groups is 1. The monoisotopic (exact) mass is 422 g/mol. The van der Waals surface area contributed by atoms with Crippen molar-refractivity contribution in [3.8, 4) is 11.3 Å². The van der Waals surface area contributed by atoms with Crippen LogP contribution >= 0.6 is 0 Å². The van der Waals surface area contributed by atoms with Crippen molar-refractivity contribution in [2.45, 2.75) is 18.9 Å². The van der Waals surface area contributed by atoms with Crippen LogP contribution in [0, 0.1) is 0 Å². The van der Waals surface area contributed by atoms with Gasteiger partial charge in [-0.15, -0.1) is 0 Å². The molecule has 1 aromatic carbocycles. The highest BCUT2D eigenvalue weighted by atomic mass is 16.2. The second-order valence-electron chi connectivity index (χ2n) is 7.62. The summed E-state index contributed by atoms with van der Waals surface area (Å²) in [5.41, 5.74) is 3.25. The number of pyridine rings is 2. The molecule has 4 aromatic rings. The summed E-state index contributed by atoms with van der Waals surface area (Å²) in [4.78, 5) is 32.9. The molecule has 1 aliphatic heterocycles. The lowest BCUT2D eigenvalue weighted by Gasteiger charge is -2.24. The van der Waals surface area contributed by atoms with Crippen LogP contribution in [-0.4, -0.2) is 37.3 Å². The van der Waals surface area contributed by atoms with Crippen molar-refractivity contribution in [3.05, 3.63) is 96.8 Å². The summed E-state index contributed by atoms with van der Waals surface area (Å²) in [6.07, 6.45) is 8.48. The van der Waals surface area contributed by atoms with Crippen molar-refractivity contribution >= 4 is 17.4 Å². The van der Waals surface area contributed by atoms with E-state index in [4.69, 9.17) is 9.97 Å². The summed E-state index contributed by atoms with van der Waals surface area (Å²) in [6, 6.07) is 19.0. The van der Waals surface area contributed by atoms with Gasteiger partial charge in [0, 0.05) is 48.6 Å². The molecule has 0 aliphatic carbocycles. The Hall–Kier alpha value is -4.13. The summed E-state index contributed by atoms with van der Waals surface area (Å²) in [5, 5.41) is 3.37. The van der Waals surface area contributed by atoms with E-state index in [2.05, 4.69) is 15.3 Å². The molecule has 0 saturated carbocycles. The highest BCUT2D eigenvalue weighted by molar-refractivity contribution is 5.94. The van der Waals surface area contributed by atoms with Gasteiger partial charge in [-0.05, 0) is 49.2 Å². The van der Waals surface area contributed by atoms with Crippen molar-refractivity contribution in [3.63, 3.8) is 0 Å². The van der Waals surface area contributed by atoms with Crippen molar-refractivity contribution in [1.29, 1.82) is 0 Å². The number of nitrogens with one attached hydrogen (secondary N) is 1. The second-order valence-corrected chi connectivity index (χ2v) is 7.62. The van der Waals surface area contributed by atoms with Crippen LogP contribution in [0.1, 0.15) is 35.1 Å². The Morgan fingerprint density at radius 3 is 2.56 bits per heavy atom. The Balaban J connectivity index is 1.53. The Labute approximate surface area is 186 Å². The maximum atomic E-state index is 13.2. The highest BCUT2D eigenvalue weighted by Crippen LogP contribution is 2.33. The Morgan fingerprint density at radius 2 is 1.78 bits per heavy atom. The molecule has 1 saturated heterocycles. The van der Waals surface area contributed by atoms with Crippen LogP contribution < -0.4 is 5.32 Å². The molecule has 1 fully saturated rings. The topological polar surface area (TPSA) is 83.9 Å². The van der Waals surface area contributed by atoms with Crippen LogP contribution in [-0.2, 0) is 0 Å². The molecule has 1 aliphatic rings. The van der Waals surface area contributed by atoms with E-state index >= 15 is 0 Å². The van der Waals surface area contributed by atoms with Gasteiger partial charge in [0.25, 0.3) is 5.91 Å². The van der Waals surface area contributed by atoms with Crippen LogP contribution in [0.3, 0.4) is 0 Å². The van der Waals surface area contributed by atoms with E-state index in [-0.39, 0.29) is 11.9 Å². The number of rotatable bonds is 5. The fraction of sp³-hybridized carbons (Fsp3) is 0.160. The predicted octanol–water partition coefficient (Wildman–Crippen LogP) is 4.65. The molecule has 158 valence electrons. The minimum absolute atomic E-state index is 0.0453. The Bertz CT molecular complexity index is 1200. The van der Waals surface area contributed by atoms with Gasteiger partial charge in [0.05, 0.1) is 17.3 Å². The smallest absolute Gasteiger partial charge is 0.256 e. The van der Waals surface area contributed by atoms with E-state index in [1.54, 1.807) is 36.9 Å².